The Bertz CT molecular complexity index is 912. The summed E-state index contributed by atoms with van der Waals surface area (Å²) < 4.78 is 26.8. The van der Waals surface area contributed by atoms with Crippen molar-refractivity contribution in [2.75, 3.05) is 26.4 Å². The highest BCUT2D eigenvalue weighted by molar-refractivity contribution is 7.47. The monoisotopic (exact) mass is 758 g/mol. The molecule has 306 valence electrons. The van der Waals surface area contributed by atoms with Gasteiger partial charge in [0, 0.05) is 19.4 Å². The Morgan fingerprint density at radius 1 is 0.596 bits per heavy atom. The quantitative estimate of drug-likeness (QED) is 0.0244. The first kappa shape index (κ1) is 50.5. The van der Waals surface area contributed by atoms with Gasteiger partial charge in [-0.1, -0.05) is 167 Å². The van der Waals surface area contributed by atoms with Crippen molar-refractivity contribution in [3.63, 3.8) is 0 Å². The van der Waals surface area contributed by atoms with Crippen LogP contribution >= 0.6 is 7.82 Å². The van der Waals surface area contributed by atoms with Gasteiger partial charge in [-0.3, -0.25) is 18.6 Å². The van der Waals surface area contributed by atoms with E-state index in [0.29, 0.717) is 6.42 Å². The molecule has 0 aliphatic rings. The van der Waals surface area contributed by atoms with E-state index >= 15 is 0 Å². The van der Waals surface area contributed by atoms with E-state index in [1.807, 2.05) is 0 Å². The number of phosphoric ester groups is 1. The third kappa shape index (κ3) is 39.7. The van der Waals surface area contributed by atoms with Crippen molar-refractivity contribution < 1.29 is 37.9 Å². The zero-order valence-electron chi connectivity index (χ0n) is 33.5. The fraction of sp³-hybridized carbons (Fsp3) is 0.857. The summed E-state index contributed by atoms with van der Waals surface area (Å²) in [4.78, 5) is 33.9. The van der Waals surface area contributed by atoms with Crippen molar-refractivity contribution in [2.45, 2.75) is 206 Å². The van der Waals surface area contributed by atoms with E-state index in [4.69, 9.17) is 13.8 Å². The maximum Gasteiger partial charge on any atom is 0.472 e. The van der Waals surface area contributed by atoms with Gasteiger partial charge in [0.1, 0.15) is 12.7 Å². The number of carbonyl (C=O) groups excluding carboxylic acids is 2. The summed E-state index contributed by atoms with van der Waals surface area (Å²) in [7, 11) is -4.41. The Labute approximate surface area is 319 Å². The van der Waals surface area contributed by atoms with E-state index in [9.17, 15) is 24.2 Å². The van der Waals surface area contributed by atoms with Gasteiger partial charge < -0.3 is 20.1 Å². The molecule has 0 bridgehead atoms. The molecule has 0 rings (SSSR count). The van der Waals surface area contributed by atoms with Gasteiger partial charge in [0.05, 0.1) is 13.2 Å². The molecule has 0 saturated carbocycles. The molecular formula is C42H80NO8P. The molecule has 1 amide bonds. The molecule has 9 nitrogen and oxygen atoms in total. The van der Waals surface area contributed by atoms with Crippen molar-refractivity contribution >= 4 is 19.7 Å². The molecule has 10 heteroatoms. The van der Waals surface area contributed by atoms with Crippen LogP contribution in [0.2, 0.25) is 0 Å². The fourth-order valence-electron chi connectivity index (χ4n) is 5.88. The Morgan fingerprint density at radius 2 is 1.04 bits per heavy atom. The molecule has 0 aliphatic heterocycles. The summed E-state index contributed by atoms with van der Waals surface area (Å²) >= 11 is 0. The number of amides is 1. The van der Waals surface area contributed by atoms with Gasteiger partial charge in [-0.25, -0.2) is 4.57 Å². The first-order chi connectivity index (χ1) is 25.3. The number of hydrogen-bond acceptors (Lipinski definition) is 7. The molecule has 0 spiro atoms. The Balaban J connectivity index is 3.61. The Morgan fingerprint density at radius 3 is 1.56 bits per heavy atom. The average Bonchev–Trinajstić information content (AvgIpc) is 3.13. The number of unbranched alkanes of at least 4 members (excludes halogenated alkanes) is 23. The number of aliphatic hydroxyl groups excluding tert-OH is 1. The highest BCUT2D eigenvalue weighted by Crippen LogP contribution is 2.42. The number of rotatable bonds is 40. The van der Waals surface area contributed by atoms with Crippen LogP contribution in [0.1, 0.15) is 200 Å². The van der Waals surface area contributed by atoms with Crippen molar-refractivity contribution in [2.24, 2.45) is 0 Å². The zero-order valence-corrected chi connectivity index (χ0v) is 34.4. The minimum atomic E-state index is -4.41. The molecule has 2 atom stereocenters. The molecule has 2 unspecified atom stereocenters. The maximum absolute atomic E-state index is 12.1. The van der Waals surface area contributed by atoms with Gasteiger partial charge in [0.25, 0.3) is 0 Å². The van der Waals surface area contributed by atoms with Crippen LogP contribution in [-0.4, -0.2) is 54.3 Å². The lowest BCUT2D eigenvalue weighted by Crippen LogP contribution is -2.27. The van der Waals surface area contributed by atoms with Gasteiger partial charge in [-0.2, -0.15) is 0 Å². The second-order valence-corrected chi connectivity index (χ2v) is 15.8. The summed E-state index contributed by atoms with van der Waals surface area (Å²) in [5, 5.41) is 12.7. The fourth-order valence-corrected chi connectivity index (χ4v) is 6.64. The number of allylic oxidation sites excluding steroid dienone is 4. The van der Waals surface area contributed by atoms with E-state index in [0.717, 1.165) is 64.2 Å². The lowest BCUT2D eigenvalue weighted by molar-refractivity contribution is -0.147. The van der Waals surface area contributed by atoms with E-state index in [2.05, 4.69) is 43.5 Å². The SMILES string of the molecule is CCCCCC/C=C\C/C=C\CCCCCCCC(=O)OCC(O)COP(=O)(O)OCCNC(=O)CCCCCCCCCCCCCCCCC. The molecule has 0 aromatic heterocycles. The minimum absolute atomic E-state index is 0.0832. The van der Waals surface area contributed by atoms with Crippen LogP contribution in [0.5, 0.6) is 0 Å². The van der Waals surface area contributed by atoms with Gasteiger partial charge in [0.15, 0.2) is 0 Å². The molecule has 0 aromatic rings. The number of aliphatic hydroxyl groups is 1. The second-order valence-electron chi connectivity index (χ2n) is 14.3. The third-order valence-electron chi connectivity index (χ3n) is 9.13. The summed E-state index contributed by atoms with van der Waals surface area (Å²) in [6.45, 7) is 3.54. The zero-order chi connectivity index (χ0) is 38.2. The number of nitrogens with one attached hydrogen (secondary N) is 1. The first-order valence-electron chi connectivity index (χ1n) is 21.3. The third-order valence-corrected chi connectivity index (χ3v) is 10.1. The Hall–Kier alpha value is -1.51. The maximum atomic E-state index is 12.1. The molecule has 0 saturated heterocycles. The van der Waals surface area contributed by atoms with Gasteiger partial charge in [0.2, 0.25) is 5.91 Å². The predicted octanol–water partition coefficient (Wildman–Crippen LogP) is 11.6. The molecule has 0 aromatic carbocycles. The van der Waals surface area contributed by atoms with Crippen LogP contribution in [0.3, 0.4) is 0 Å². The summed E-state index contributed by atoms with van der Waals surface area (Å²) in [5.41, 5.74) is 0. The number of ether oxygens (including phenoxy) is 1. The molecule has 0 fully saturated rings. The van der Waals surface area contributed by atoms with Crippen molar-refractivity contribution in [1.82, 2.24) is 5.32 Å². The summed E-state index contributed by atoms with van der Waals surface area (Å²) in [6, 6.07) is 0. The summed E-state index contributed by atoms with van der Waals surface area (Å²) in [6.07, 6.45) is 41.0. The number of esters is 1. The smallest absolute Gasteiger partial charge is 0.463 e. The van der Waals surface area contributed by atoms with Crippen molar-refractivity contribution in [3.8, 4) is 0 Å². The van der Waals surface area contributed by atoms with E-state index in [-0.39, 0.29) is 32.1 Å². The van der Waals surface area contributed by atoms with E-state index < -0.39 is 26.5 Å². The van der Waals surface area contributed by atoms with Crippen LogP contribution in [0.4, 0.5) is 0 Å². The van der Waals surface area contributed by atoms with E-state index in [1.165, 1.54) is 109 Å². The van der Waals surface area contributed by atoms with Gasteiger partial charge >= 0.3 is 13.8 Å². The van der Waals surface area contributed by atoms with E-state index in [1.54, 1.807) is 0 Å². The standard InChI is InChI=1S/C42H80NO8P/c1-3-5-7-9-11-13-15-17-19-21-23-25-27-29-31-33-35-42(46)49-38-40(44)39-51-52(47,48)50-37-36-43-41(45)34-32-30-28-26-24-22-20-18-16-14-12-10-8-6-4-2/h13,15,19,21,40,44H,3-12,14,16-18,20,22-39H2,1-2H3,(H,43,45)(H,47,48)/b15-13-,21-19-. The first-order valence-corrected chi connectivity index (χ1v) is 22.8. The molecule has 0 radical (unpaired) electrons. The molecule has 3 N–H and O–H groups in total. The predicted molar refractivity (Wildman–Crippen MR) is 215 cm³/mol. The van der Waals surface area contributed by atoms with Crippen LogP contribution in [0.15, 0.2) is 24.3 Å². The molecule has 0 heterocycles. The normalized spacial score (nSPS) is 13.5. The number of phosphoric acid groups is 1. The molecule has 52 heavy (non-hydrogen) atoms. The highest BCUT2D eigenvalue weighted by Gasteiger charge is 2.23. The van der Waals surface area contributed by atoms with Gasteiger partial charge in [-0.15, -0.1) is 0 Å². The number of hydrogen-bond donors (Lipinski definition) is 3. The largest absolute Gasteiger partial charge is 0.472 e. The minimum Gasteiger partial charge on any atom is -0.463 e. The lowest BCUT2D eigenvalue weighted by Gasteiger charge is -2.15. The van der Waals surface area contributed by atoms with Crippen LogP contribution in [-0.2, 0) is 27.9 Å². The topological polar surface area (TPSA) is 131 Å². The number of carbonyl (C=O) groups is 2. The summed E-state index contributed by atoms with van der Waals surface area (Å²) in [5.74, 6) is -0.525. The Kier molecular flexibility index (Phi) is 38.1. The van der Waals surface area contributed by atoms with Crippen molar-refractivity contribution in [3.05, 3.63) is 24.3 Å². The van der Waals surface area contributed by atoms with Crippen molar-refractivity contribution in [1.29, 1.82) is 0 Å². The average molecular weight is 758 g/mol. The van der Waals surface area contributed by atoms with Crippen LogP contribution in [0, 0.1) is 0 Å². The van der Waals surface area contributed by atoms with Gasteiger partial charge in [-0.05, 0) is 44.9 Å². The van der Waals surface area contributed by atoms with Crippen LogP contribution < -0.4 is 5.32 Å². The highest BCUT2D eigenvalue weighted by atomic mass is 31.2. The lowest BCUT2D eigenvalue weighted by atomic mass is 10.0. The molecule has 0 aliphatic carbocycles. The second kappa shape index (κ2) is 39.2. The molecular weight excluding hydrogens is 677 g/mol. The van der Waals surface area contributed by atoms with Crippen LogP contribution in [0.25, 0.3) is 0 Å².